The first-order chi connectivity index (χ1) is 16.7. The van der Waals surface area contributed by atoms with Crippen molar-refractivity contribution in [3.63, 3.8) is 0 Å². The predicted molar refractivity (Wildman–Crippen MR) is 163 cm³/mol. The van der Waals surface area contributed by atoms with Crippen molar-refractivity contribution >= 4 is 11.6 Å². The van der Waals surface area contributed by atoms with Gasteiger partial charge in [-0.3, -0.25) is 0 Å². The third-order valence-corrected chi connectivity index (χ3v) is 4.36. The van der Waals surface area contributed by atoms with E-state index < -0.39 is 0 Å². The van der Waals surface area contributed by atoms with Crippen molar-refractivity contribution < 1.29 is 10.2 Å². The Kier molecular flexibility index (Phi) is 18.8. The van der Waals surface area contributed by atoms with Crippen molar-refractivity contribution in [2.45, 2.75) is 60.8 Å². The van der Waals surface area contributed by atoms with Gasteiger partial charge in [0.2, 0.25) is 0 Å². The molecule has 198 valence electrons. The molecule has 0 heterocycles. The van der Waals surface area contributed by atoms with Crippen molar-refractivity contribution in [1.82, 2.24) is 0 Å². The fourth-order valence-electron chi connectivity index (χ4n) is 2.76. The molecule has 0 saturated heterocycles. The Labute approximate surface area is 226 Å². The van der Waals surface area contributed by atoms with Gasteiger partial charge >= 0.3 is 0 Å². The zero-order chi connectivity index (χ0) is 28.3. The summed E-state index contributed by atoms with van der Waals surface area (Å²) in [6, 6.07) is 17.1. The molecule has 36 heavy (non-hydrogen) atoms. The Morgan fingerprint density at radius 1 is 0.861 bits per heavy atom. The molecule has 0 aromatic heterocycles. The quantitative estimate of drug-likeness (QED) is 0.299. The van der Waals surface area contributed by atoms with Gasteiger partial charge in [-0.1, -0.05) is 147 Å². The number of aliphatic hydroxyl groups excluding tert-OH is 2. The number of aliphatic hydroxyl groups is 2. The van der Waals surface area contributed by atoms with Crippen LogP contribution in [0, 0.1) is 11.3 Å². The van der Waals surface area contributed by atoms with Crippen molar-refractivity contribution in [2.24, 2.45) is 11.3 Å². The van der Waals surface area contributed by atoms with Crippen LogP contribution in [-0.4, -0.2) is 10.2 Å². The molecule has 0 aliphatic carbocycles. The first-order valence-corrected chi connectivity index (χ1v) is 12.6. The van der Waals surface area contributed by atoms with Crippen LogP contribution >= 0.6 is 11.6 Å². The number of halogens is 1. The summed E-state index contributed by atoms with van der Waals surface area (Å²) in [6.45, 7) is 28.6. The lowest BCUT2D eigenvalue weighted by atomic mass is 9.87. The highest BCUT2D eigenvalue weighted by atomic mass is 35.5. The Bertz CT molecular complexity index is 924. The number of rotatable bonds is 6. The van der Waals surface area contributed by atoms with Crippen LogP contribution in [0.1, 0.15) is 65.5 Å². The van der Waals surface area contributed by atoms with Gasteiger partial charge in [0.1, 0.15) is 5.76 Å². The second kappa shape index (κ2) is 19.2. The van der Waals surface area contributed by atoms with Crippen LogP contribution in [0.5, 0.6) is 0 Å². The molecular weight excluding hydrogens is 464 g/mol. The molecule has 2 aromatic rings. The van der Waals surface area contributed by atoms with Gasteiger partial charge in [-0.25, -0.2) is 0 Å². The molecule has 2 N–H and O–H groups in total. The number of allylic oxidation sites excluding steroid dienone is 4. The van der Waals surface area contributed by atoms with E-state index in [2.05, 4.69) is 116 Å². The summed E-state index contributed by atoms with van der Waals surface area (Å²) in [4.78, 5) is 0. The van der Waals surface area contributed by atoms with Gasteiger partial charge in [0.15, 0.2) is 0 Å². The molecule has 2 aromatic carbocycles. The SMILES string of the molecule is C=C(O)C(C)c1ccc(-c2ccc(CC(C)(C)C)cc2)cc1.C=C/C=C\C(=C)O.C=CCl.CC(C)C. The lowest BCUT2D eigenvalue weighted by molar-refractivity contribution is 0.378. The van der Waals surface area contributed by atoms with Crippen LogP contribution in [0.4, 0.5) is 0 Å². The van der Waals surface area contributed by atoms with Gasteiger partial charge in [0, 0.05) is 5.92 Å². The van der Waals surface area contributed by atoms with E-state index in [1.165, 1.54) is 28.3 Å². The standard InChI is InChI=1S/C21H26O.C6H8O.C4H10.C2H3Cl/c1-15(16(2)22)18-10-12-20(13-11-18)19-8-6-17(7-9-19)14-21(3,4)5;1-3-4-5-6(2)7;1-4(2)3;1-2-3/h6-13,15,22H,2,14H2,1,3-5H3;3-5,7H,1-2H2;4H,1-3H3;2H,1H2/b;5-4-;;. The Morgan fingerprint density at radius 3 is 1.53 bits per heavy atom. The summed E-state index contributed by atoms with van der Waals surface area (Å²) >= 11 is 4.76. The Balaban J connectivity index is 0. The molecule has 0 fully saturated rings. The van der Waals surface area contributed by atoms with Gasteiger partial charge in [0.05, 0.1) is 5.76 Å². The summed E-state index contributed by atoms with van der Waals surface area (Å²) < 4.78 is 0. The van der Waals surface area contributed by atoms with Crippen molar-refractivity contribution in [3.8, 4) is 11.1 Å². The van der Waals surface area contributed by atoms with Crippen molar-refractivity contribution in [3.05, 3.63) is 121 Å². The van der Waals surface area contributed by atoms with Crippen LogP contribution in [-0.2, 0) is 6.42 Å². The summed E-state index contributed by atoms with van der Waals surface area (Å²) in [6.07, 6.45) is 5.74. The van der Waals surface area contributed by atoms with Gasteiger partial charge in [-0.05, 0) is 51.6 Å². The molecule has 0 amide bonds. The zero-order valence-corrected chi connectivity index (χ0v) is 24.1. The molecule has 0 saturated carbocycles. The van der Waals surface area contributed by atoms with Crippen molar-refractivity contribution in [1.29, 1.82) is 0 Å². The first-order valence-electron chi connectivity index (χ1n) is 12.1. The minimum Gasteiger partial charge on any atom is -0.512 e. The molecule has 1 atom stereocenters. The minimum atomic E-state index is -0.0248. The molecule has 0 spiro atoms. The molecule has 0 bridgehead atoms. The highest BCUT2D eigenvalue weighted by molar-refractivity contribution is 6.25. The summed E-state index contributed by atoms with van der Waals surface area (Å²) in [5.41, 5.74) is 6.41. The molecular formula is C33H47ClO2. The summed E-state index contributed by atoms with van der Waals surface area (Å²) in [5, 5.41) is 17.8. The third-order valence-electron chi connectivity index (χ3n) is 4.36. The maximum absolute atomic E-state index is 9.49. The van der Waals surface area contributed by atoms with E-state index in [4.69, 9.17) is 16.7 Å². The topological polar surface area (TPSA) is 40.5 Å². The Morgan fingerprint density at radius 2 is 1.25 bits per heavy atom. The third kappa shape index (κ3) is 19.3. The number of benzene rings is 2. The Hall–Kier alpha value is -2.97. The van der Waals surface area contributed by atoms with Gasteiger partial charge < -0.3 is 10.2 Å². The van der Waals surface area contributed by atoms with Crippen LogP contribution in [0.15, 0.2) is 110 Å². The summed E-state index contributed by atoms with van der Waals surface area (Å²) in [7, 11) is 0. The van der Waals surface area contributed by atoms with E-state index in [1.54, 1.807) is 12.2 Å². The number of hydrogen-bond donors (Lipinski definition) is 2. The first kappa shape index (κ1) is 35.2. The molecule has 2 rings (SSSR count). The average Bonchev–Trinajstić information content (AvgIpc) is 2.77. The maximum Gasteiger partial charge on any atom is 0.108 e. The second-order valence-corrected chi connectivity index (χ2v) is 10.6. The largest absolute Gasteiger partial charge is 0.512 e. The fraction of sp³-hybridized carbons (Fsp3) is 0.333. The maximum atomic E-state index is 9.49. The lowest BCUT2D eigenvalue weighted by Gasteiger charge is -2.18. The summed E-state index contributed by atoms with van der Waals surface area (Å²) in [5.74, 6) is 1.07. The van der Waals surface area contributed by atoms with E-state index in [0.29, 0.717) is 5.41 Å². The molecule has 0 radical (unpaired) electrons. The van der Waals surface area contributed by atoms with E-state index >= 15 is 0 Å². The van der Waals surface area contributed by atoms with E-state index in [9.17, 15) is 5.11 Å². The minimum absolute atomic E-state index is 0.0248. The highest BCUT2D eigenvalue weighted by Gasteiger charge is 2.11. The van der Waals surface area contributed by atoms with Crippen LogP contribution in [0.3, 0.4) is 0 Å². The van der Waals surface area contributed by atoms with E-state index in [0.717, 1.165) is 17.9 Å². The lowest BCUT2D eigenvalue weighted by Crippen LogP contribution is -2.08. The van der Waals surface area contributed by atoms with Gasteiger partial charge in [-0.2, -0.15) is 0 Å². The second-order valence-electron chi connectivity index (χ2n) is 10.2. The monoisotopic (exact) mass is 510 g/mol. The normalized spacial score (nSPS) is 11.0. The molecule has 2 nitrogen and oxygen atoms in total. The van der Waals surface area contributed by atoms with E-state index in [1.807, 2.05) is 6.92 Å². The average molecular weight is 511 g/mol. The molecule has 0 aliphatic heterocycles. The fourth-order valence-corrected chi connectivity index (χ4v) is 2.76. The predicted octanol–water partition coefficient (Wildman–Crippen LogP) is 10.9. The van der Waals surface area contributed by atoms with Crippen molar-refractivity contribution in [2.75, 3.05) is 0 Å². The van der Waals surface area contributed by atoms with Crippen LogP contribution in [0.2, 0.25) is 0 Å². The van der Waals surface area contributed by atoms with E-state index in [-0.39, 0.29) is 17.4 Å². The smallest absolute Gasteiger partial charge is 0.108 e. The highest BCUT2D eigenvalue weighted by Crippen LogP contribution is 2.27. The molecule has 0 aliphatic rings. The zero-order valence-electron chi connectivity index (χ0n) is 23.4. The van der Waals surface area contributed by atoms with Crippen LogP contribution < -0.4 is 0 Å². The van der Waals surface area contributed by atoms with Crippen LogP contribution in [0.25, 0.3) is 11.1 Å². The van der Waals surface area contributed by atoms with Gasteiger partial charge in [0.25, 0.3) is 0 Å². The number of hydrogen-bond acceptors (Lipinski definition) is 2. The molecule has 1 unspecified atom stereocenters. The molecule has 3 heteroatoms. The van der Waals surface area contributed by atoms with Gasteiger partial charge in [-0.15, -0.1) is 0 Å².